The summed E-state index contributed by atoms with van der Waals surface area (Å²) in [6.07, 6.45) is 3.46. The Morgan fingerprint density at radius 3 is 2.65 bits per heavy atom. The molecule has 4 heterocycles. The molecule has 0 aromatic heterocycles. The fourth-order valence-electron chi connectivity index (χ4n) is 6.53. The highest BCUT2D eigenvalue weighted by molar-refractivity contribution is 8.02. The molecule has 190 valence electrons. The highest BCUT2D eigenvalue weighted by atomic mass is 32.2. The minimum atomic E-state index is -0.977. The lowest BCUT2D eigenvalue weighted by atomic mass is 9.66. The van der Waals surface area contributed by atoms with E-state index in [2.05, 4.69) is 11.5 Å². The van der Waals surface area contributed by atoms with Crippen molar-refractivity contribution in [3.8, 4) is 0 Å². The zero-order chi connectivity index (χ0) is 24.7. The van der Waals surface area contributed by atoms with E-state index >= 15 is 0 Å². The van der Waals surface area contributed by atoms with Crippen molar-refractivity contribution in [1.29, 1.82) is 0 Å². The van der Waals surface area contributed by atoms with Crippen molar-refractivity contribution in [2.75, 3.05) is 52.5 Å². The number of hydrogen-bond donors (Lipinski definition) is 2. The summed E-state index contributed by atoms with van der Waals surface area (Å²) in [7, 11) is 0. The van der Waals surface area contributed by atoms with Gasteiger partial charge in [-0.1, -0.05) is 13.0 Å². The number of thioether (sulfide) groups is 1. The topological polar surface area (TPSA) is 111 Å². The Morgan fingerprint density at radius 1 is 1.35 bits per heavy atom. The van der Waals surface area contributed by atoms with Crippen molar-refractivity contribution in [2.24, 2.45) is 11.8 Å². The molecule has 4 aliphatic heterocycles. The molecular formula is C24H37N3O6S. The molecule has 4 aliphatic rings. The highest BCUT2D eigenvalue weighted by Gasteiger charge is 2.78. The van der Waals surface area contributed by atoms with E-state index in [0.717, 1.165) is 13.1 Å². The van der Waals surface area contributed by atoms with Crippen molar-refractivity contribution < 1.29 is 29.3 Å². The number of hydrogen-bond acceptors (Lipinski definition) is 7. The molecule has 2 unspecified atom stereocenters. The zero-order valence-electron chi connectivity index (χ0n) is 20.1. The number of ether oxygens (including phenoxy) is 1. The number of rotatable bonds is 10. The Balaban J connectivity index is 1.68. The van der Waals surface area contributed by atoms with Gasteiger partial charge in [0.2, 0.25) is 11.8 Å². The molecule has 2 bridgehead atoms. The van der Waals surface area contributed by atoms with Crippen LogP contribution in [-0.2, 0) is 19.1 Å². The van der Waals surface area contributed by atoms with E-state index in [1.807, 2.05) is 13.8 Å². The van der Waals surface area contributed by atoms with E-state index in [1.165, 1.54) is 11.8 Å². The number of carboxylic acids is 1. The smallest absolute Gasteiger partial charge is 0.308 e. The number of fused-ring (bicyclic) bond motifs is 1. The van der Waals surface area contributed by atoms with Gasteiger partial charge in [0.25, 0.3) is 0 Å². The molecule has 4 saturated heterocycles. The summed E-state index contributed by atoms with van der Waals surface area (Å²) < 4.78 is 4.06. The maximum Gasteiger partial charge on any atom is 0.308 e. The van der Waals surface area contributed by atoms with Crippen molar-refractivity contribution >= 4 is 29.5 Å². The Hall–Kier alpha value is -1.62. The lowest BCUT2D eigenvalue weighted by Gasteiger charge is -2.40. The van der Waals surface area contributed by atoms with Crippen LogP contribution in [0.2, 0.25) is 0 Å². The number of nitrogens with zero attached hydrogens (tertiary/aromatic N) is 3. The number of carboxylic acid groups (broad SMARTS) is 1. The third-order valence-corrected chi connectivity index (χ3v) is 10.2. The van der Waals surface area contributed by atoms with Crippen molar-refractivity contribution in [3.63, 3.8) is 0 Å². The van der Waals surface area contributed by atoms with Gasteiger partial charge in [0, 0.05) is 37.5 Å². The number of aliphatic hydroxyl groups excluding tert-OH is 1. The van der Waals surface area contributed by atoms with E-state index in [9.17, 15) is 24.6 Å². The third kappa shape index (κ3) is 3.96. The van der Waals surface area contributed by atoms with E-state index in [4.69, 9.17) is 4.74 Å². The van der Waals surface area contributed by atoms with Gasteiger partial charge in [0.05, 0.1) is 42.4 Å². The van der Waals surface area contributed by atoms with Gasteiger partial charge in [-0.3, -0.25) is 19.3 Å². The summed E-state index contributed by atoms with van der Waals surface area (Å²) >= 11 is 1.53. The number of carbonyl (C=O) groups excluding carboxylic acids is 2. The lowest BCUT2D eigenvalue weighted by Crippen LogP contribution is -2.58. The molecule has 0 aromatic carbocycles. The largest absolute Gasteiger partial charge is 0.481 e. The maximum atomic E-state index is 14.2. The Bertz CT molecular complexity index is 832. The molecule has 0 aliphatic carbocycles. The summed E-state index contributed by atoms with van der Waals surface area (Å²) in [6, 6.07) is -1.31. The van der Waals surface area contributed by atoms with E-state index in [-0.39, 0.29) is 18.4 Å². The first kappa shape index (κ1) is 25.5. The first-order chi connectivity index (χ1) is 16.2. The summed E-state index contributed by atoms with van der Waals surface area (Å²) in [6.45, 7) is 11.9. The van der Waals surface area contributed by atoms with Crippen LogP contribution in [0.4, 0.5) is 0 Å². The van der Waals surface area contributed by atoms with Crippen LogP contribution in [0.3, 0.4) is 0 Å². The zero-order valence-corrected chi connectivity index (χ0v) is 21.0. The minimum absolute atomic E-state index is 0.168. The van der Waals surface area contributed by atoms with Gasteiger partial charge < -0.3 is 24.7 Å². The van der Waals surface area contributed by atoms with Crippen LogP contribution in [0.5, 0.6) is 0 Å². The van der Waals surface area contributed by atoms with Gasteiger partial charge in [0.1, 0.15) is 6.04 Å². The molecular weight excluding hydrogens is 458 g/mol. The normalized spacial score (nSPS) is 35.9. The summed E-state index contributed by atoms with van der Waals surface area (Å²) in [4.78, 5) is 45.9. The molecule has 0 saturated carbocycles. The van der Waals surface area contributed by atoms with Crippen molar-refractivity contribution in [3.05, 3.63) is 12.7 Å². The quantitative estimate of drug-likeness (QED) is 0.426. The van der Waals surface area contributed by atoms with E-state index < -0.39 is 39.4 Å². The van der Waals surface area contributed by atoms with Crippen LogP contribution in [0, 0.1) is 11.8 Å². The standard InChI is InChI=1S/C24H37N3O6S/c1-4-8-26(10-9-25-11-13-33-14-12-25)21(30)19-24-7-6-23(3,34-24)18(22(31)32)17(24)20(29)27(19)16(5-2)15-28/h4,16-19,28H,1,5-15H2,2-3H3,(H,31,32)/t16-,17-,18-,19?,23+,24?/m0/s1. The second-order valence-electron chi connectivity index (χ2n) is 10.1. The van der Waals surface area contributed by atoms with Crippen LogP contribution in [0.25, 0.3) is 0 Å². The molecule has 0 aromatic rings. The molecule has 0 radical (unpaired) electrons. The minimum Gasteiger partial charge on any atom is -0.481 e. The van der Waals surface area contributed by atoms with E-state index in [0.29, 0.717) is 52.1 Å². The predicted octanol–water partition coefficient (Wildman–Crippen LogP) is 0.670. The first-order valence-corrected chi connectivity index (χ1v) is 13.1. The molecule has 4 fully saturated rings. The molecule has 34 heavy (non-hydrogen) atoms. The number of aliphatic hydroxyl groups is 1. The van der Waals surface area contributed by atoms with Crippen molar-refractivity contribution in [2.45, 2.75) is 54.7 Å². The van der Waals surface area contributed by atoms with Crippen LogP contribution in [-0.4, -0.2) is 117 Å². The van der Waals surface area contributed by atoms with Crippen LogP contribution >= 0.6 is 11.8 Å². The van der Waals surface area contributed by atoms with Crippen LogP contribution in [0.15, 0.2) is 12.7 Å². The fourth-order valence-corrected chi connectivity index (χ4v) is 8.86. The van der Waals surface area contributed by atoms with Gasteiger partial charge in [-0.05, 0) is 26.2 Å². The van der Waals surface area contributed by atoms with Gasteiger partial charge in [-0.2, -0.15) is 0 Å². The molecule has 2 N–H and O–H groups in total. The summed E-state index contributed by atoms with van der Waals surface area (Å²) in [5, 5.41) is 20.2. The lowest BCUT2D eigenvalue weighted by molar-refractivity contribution is -0.151. The van der Waals surface area contributed by atoms with Crippen LogP contribution < -0.4 is 0 Å². The molecule has 4 rings (SSSR count). The fraction of sp³-hybridized carbons (Fsp3) is 0.792. The molecule has 1 spiro atoms. The highest BCUT2D eigenvalue weighted by Crippen LogP contribution is 2.71. The van der Waals surface area contributed by atoms with Gasteiger partial charge in [-0.25, -0.2) is 0 Å². The Kier molecular flexibility index (Phi) is 7.34. The summed E-state index contributed by atoms with van der Waals surface area (Å²) in [5.74, 6) is -3.03. The Labute approximate surface area is 205 Å². The number of aliphatic carboxylic acids is 1. The predicted molar refractivity (Wildman–Crippen MR) is 128 cm³/mol. The third-order valence-electron chi connectivity index (χ3n) is 8.24. The average Bonchev–Trinajstić information content (AvgIpc) is 3.39. The van der Waals surface area contributed by atoms with E-state index in [1.54, 1.807) is 15.9 Å². The molecule has 2 amide bonds. The van der Waals surface area contributed by atoms with Gasteiger partial charge >= 0.3 is 5.97 Å². The number of likely N-dealkylation sites (tertiary alicyclic amines) is 1. The maximum absolute atomic E-state index is 14.2. The number of morpholine rings is 1. The molecule has 10 heteroatoms. The second-order valence-corrected chi connectivity index (χ2v) is 12.0. The number of carbonyl (C=O) groups is 3. The van der Waals surface area contributed by atoms with Crippen LogP contribution in [0.1, 0.15) is 33.1 Å². The first-order valence-electron chi connectivity index (χ1n) is 12.3. The van der Waals surface area contributed by atoms with Crippen molar-refractivity contribution in [1.82, 2.24) is 14.7 Å². The average molecular weight is 496 g/mol. The summed E-state index contributed by atoms with van der Waals surface area (Å²) in [5.41, 5.74) is 0. The second kappa shape index (κ2) is 9.79. The SMILES string of the molecule is C=CCN(CCN1CCOCC1)C(=O)C1N([C@@H](CC)CO)C(=O)[C@@H]2[C@@H](C(=O)O)[C@@]3(C)CCC12S3. The van der Waals surface area contributed by atoms with Gasteiger partial charge in [-0.15, -0.1) is 18.3 Å². The Morgan fingerprint density at radius 2 is 2.06 bits per heavy atom. The molecule has 6 atom stereocenters. The number of amides is 2. The monoisotopic (exact) mass is 495 g/mol. The van der Waals surface area contributed by atoms with Gasteiger partial charge in [0.15, 0.2) is 0 Å². The molecule has 9 nitrogen and oxygen atoms in total.